The van der Waals surface area contributed by atoms with Gasteiger partial charge in [0.25, 0.3) is 0 Å². The summed E-state index contributed by atoms with van der Waals surface area (Å²) in [6.07, 6.45) is 0. The standard InChI is InChI=1S/C12H10INO4/c1-17-10-4-6(13)3-7-9(15)5-8(12(16)18-2)14-11(7)10/h3-5H,1-2H3,(H,14,15). The van der Waals surface area contributed by atoms with Crippen molar-refractivity contribution in [3.63, 3.8) is 0 Å². The van der Waals surface area contributed by atoms with Gasteiger partial charge in [-0.05, 0) is 34.7 Å². The number of H-pyrrole nitrogens is 1. The number of methoxy groups -OCH3 is 2. The predicted molar refractivity (Wildman–Crippen MR) is 75.2 cm³/mol. The lowest BCUT2D eigenvalue weighted by Crippen LogP contribution is -2.12. The van der Waals surface area contributed by atoms with Gasteiger partial charge >= 0.3 is 5.97 Å². The zero-order valence-corrected chi connectivity index (χ0v) is 11.9. The van der Waals surface area contributed by atoms with Crippen molar-refractivity contribution in [2.45, 2.75) is 0 Å². The highest BCUT2D eigenvalue weighted by Crippen LogP contribution is 2.25. The van der Waals surface area contributed by atoms with Gasteiger partial charge < -0.3 is 14.5 Å². The molecule has 0 fully saturated rings. The number of hydrogen-bond donors (Lipinski definition) is 1. The number of carbonyl (C=O) groups excluding carboxylic acids is 1. The first kappa shape index (κ1) is 12.9. The topological polar surface area (TPSA) is 68.4 Å². The molecule has 6 heteroatoms. The Balaban J connectivity index is 2.83. The van der Waals surface area contributed by atoms with Gasteiger partial charge in [0.15, 0.2) is 5.43 Å². The molecule has 1 N–H and O–H groups in total. The zero-order valence-electron chi connectivity index (χ0n) is 9.74. The number of aromatic nitrogens is 1. The van der Waals surface area contributed by atoms with Crippen molar-refractivity contribution in [3.8, 4) is 5.75 Å². The molecule has 0 unspecified atom stereocenters. The molecule has 0 atom stereocenters. The van der Waals surface area contributed by atoms with Crippen molar-refractivity contribution in [1.82, 2.24) is 4.98 Å². The first-order valence-electron chi connectivity index (χ1n) is 5.05. The summed E-state index contributed by atoms with van der Waals surface area (Å²) in [7, 11) is 2.77. The molecule has 5 nitrogen and oxygen atoms in total. The van der Waals surface area contributed by atoms with Crippen LogP contribution in [0.1, 0.15) is 10.5 Å². The van der Waals surface area contributed by atoms with E-state index < -0.39 is 5.97 Å². The third-order valence-electron chi connectivity index (χ3n) is 2.49. The minimum absolute atomic E-state index is 0.106. The molecule has 94 valence electrons. The van der Waals surface area contributed by atoms with E-state index >= 15 is 0 Å². The maximum absolute atomic E-state index is 12.0. The van der Waals surface area contributed by atoms with Crippen molar-refractivity contribution in [2.24, 2.45) is 0 Å². The summed E-state index contributed by atoms with van der Waals surface area (Å²) >= 11 is 2.10. The van der Waals surface area contributed by atoms with Gasteiger partial charge in [0, 0.05) is 9.64 Å². The number of aromatic amines is 1. The van der Waals surface area contributed by atoms with Crippen LogP contribution in [0.5, 0.6) is 5.75 Å². The summed E-state index contributed by atoms with van der Waals surface area (Å²) in [6, 6.07) is 4.74. The summed E-state index contributed by atoms with van der Waals surface area (Å²) < 4.78 is 10.7. The number of rotatable bonds is 2. The van der Waals surface area contributed by atoms with E-state index in [1.54, 1.807) is 12.1 Å². The number of pyridine rings is 1. The molecule has 18 heavy (non-hydrogen) atoms. The van der Waals surface area contributed by atoms with Crippen LogP contribution in [0.4, 0.5) is 0 Å². The maximum atomic E-state index is 12.0. The molecule has 0 aliphatic heterocycles. The smallest absolute Gasteiger partial charge is 0.354 e. The molecule has 2 aromatic rings. The van der Waals surface area contributed by atoms with Gasteiger partial charge in [-0.3, -0.25) is 4.79 Å². The molecule has 1 aromatic heterocycles. The van der Waals surface area contributed by atoms with Gasteiger partial charge in [0.05, 0.1) is 25.1 Å². The maximum Gasteiger partial charge on any atom is 0.354 e. The second-order valence-corrected chi connectivity index (χ2v) is 4.82. The number of halogens is 1. The summed E-state index contributed by atoms with van der Waals surface area (Å²) in [4.78, 5) is 26.3. The van der Waals surface area contributed by atoms with Crippen LogP contribution >= 0.6 is 22.6 Å². The number of ether oxygens (including phenoxy) is 2. The monoisotopic (exact) mass is 359 g/mol. The molecule has 2 rings (SSSR count). The lowest BCUT2D eigenvalue weighted by molar-refractivity contribution is 0.0594. The van der Waals surface area contributed by atoms with Crippen LogP contribution in [-0.4, -0.2) is 25.2 Å². The molecule has 0 radical (unpaired) electrons. The Kier molecular flexibility index (Phi) is 3.55. The van der Waals surface area contributed by atoms with Crippen molar-refractivity contribution in [1.29, 1.82) is 0 Å². The number of esters is 1. The number of nitrogens with one attached hydrogen (secondary N) is 1. The van der Waals surface area contributed by atoms with E-state index in [0.717, 1.165) is 3.57 Å². The van der Waals surface area contributed by atoms with Gasteiger partial charge in [-0.2, -0.15) is 0 Å². The van der Waals surface area contributed by atoms with E-state index in [1.165, 1.54) is 20.3 Å². The quantitative estimate of drug-likeness (QED) is 0.657. The van der Waals surface area contributed by atoms with Gasteiger partial charge in [-0.15, -0.1) is 0 Å². The number of carbonyl (C=O) groups is 1. The lowest BCUT2D eigenvalue weighted by Gasteiger charge is -2.08. The van der Waals surface area contributed by atoms with E-state index in [-0.39, 0.29) is 11.1 Å². The SMILES string of the molecule is COC(=O)c1cc(=O)c2cc(I)cc(OC)c2[nH]1. The molecule has 0 aliphatic carbocycles. The van der Waals surface area contributed by atoms with Crippen molar-refractivity contribution >= 4 is 39.5 Å². The van der Waals surface area contributed by atoms with E-state index in [1.807, 2.05) is 0 Å². The fraction of sp³-hybridized carbons (Fsp3) is 0.167. The summed E-state index contributed by atoms with van der Waals surface area (Å²) in [5.41, 5.74) is 0.348. The first-order chi connectivity index (χ1) is 8.56. The van der Waals surface area contributed by atoms with Gasteiger partial charge in [0.1, 0.15) is 11.4 Å². The molecule has 0 amide bonds. The minimum Gasteiger partial charge on any atom is -0.495 e. The molecule has 0 saturated carbocycles. The highest BCUT2D eigenvalue weighted by atomic mass is 127. The van der Waals surface area contributed by atoms with Crippen molar-refractivity contribution < 1.29 is 14.3 Å². The molecule has 1 aromatic carbocycles. The summed E-state index contributed by atoms with van der Waals surface area (Å²) in [5, 5.41) is 0.478. The van der Waals surface area contributed by atoms with Crippen LogP contribution in [0.15, 0.2) is 23.0 Å². The van der Waals surface area contributed by atoms with Gasteiger partial charge in [-0.25, -0.2) is 4.79 Å². The molecule has 0 spiro atoms. The third-order valence-corrected chi connectivity index (χ3v) is 3.12. The number of fused-ring (bicyclic) bond motifs is 1. The van der Waals surface area contributed by atoms with Crippen LogP contribution in [0.2, 0.25) is 0 Å². The van der Waals surface area contributed by atoms with Crippen LogP contribution in [0.3, 0.4) is 0 Å². The highest BCUT2D eigenvalue weighted by Gasteiger charge is 2.13. The highest BCUT2D eigenvalue weighted by molar-refractivity contribution is 14.1. The van der Waals surface area contributed by atoms with Gasteiger partial charge in [-0.1, -0.05) is 0 Å². The average Bonchev–Trinajstić information content (AvgIpc) is 2.37. The molecule has 1 heterocycles. The normalized spacial score (nSPS) is 10.4. The van der Waals surface area contributed by atoms with E-state index in [0.29, 0.717) is 16.7 Å². The molecule has 0 aliphatic rings. The van der Waals surface area contributed by atoms with E-state index in [4.69, 9.17) is 4.74 Å². The van der Waals surface area contributed by atoms with Crippen LogP contribution < -0.4 is 10.2 Å². The summed E-state index contributed by atoms with van der Waals surface area (Å²) in [5.74, 6) is -0.0747. The Morgan fingerprint density at radius 1 is 1.28 bits per heavy atom. The second kappa shape index (κ2) is 4.97. The van der Waals surface area contributed by atoms with Crippen LogP contribution in [0.25, 0.3) is 10.9 Å². The number of hydrogen-bond acceptors (Lipinski definition) is 4. The lowest BCUT2D eigenvalue weighted by atomic mass is 10.2. The molecular formula is C12H10INO4. The Morgan fingerprint density at radius 3 is 2.61 bits per heavy atom. The predicted octanol–water partition coefficient (Wildman–Crippen LogP) is 1.93. The minimum atomic E-state index is -0.588. The molecular weight excluding hydrogens is 349 g/mol. The second-order valence-electron chi connectivity index (χ2n) is 3.57. The fourth-order valence-corrected chi connectivity index (χ4v) is 2.26. The Bertz CT molecular complexity index is 678. The van der Waals surface area contributed by atoms with Crippen LogP contribution in [-0.2, 0) is 4.74 Å². The fourth-order valence-electron chi connectivity index (χ4n) is 1.67. The average molecular weight is 359 g/mol. The summed E-state index contributed by atoms with van der Waals surface area (Å²) in [6.45, 7) is 0. The Hall–Kier alpha value is -1.57. The van der Waals surface area contributed by atoms with E-state index in [2.05, 4.69) is 32.3 Å². The largest absolute Gasteiger partial charge is 0.495 e. The molecule has 0 bridgehead atoms. The zero-order chi connectivity index (χ0) is 13.3. The Morgan fingerprint density at radius 2 is 2.00 bits per heavy atom. The van der Waals surface area contributed by atoms with Crippen molar-refractivity contribution in [3.05, 3.63) is 37.7 Å². The first-order valence-corrected chi connectivity index (χ1v) is 6.13. The van der Waals surface area contributed by atoms with Crippen LogP contribution in [0, 0.1) is 3.57 Å². The van der Waals surface area contributed by atoms with Gasteiger partial charge in [0.2, 0.25) is 0 Å². The molecule has 0 saturated heterocycles. The van der Waals surface area contributed by atoms with Crippen molar-refractivity contribution in [2.75, 3.05) is 14.2 Å². The van der Waals surface area contributed by atoms with E-state index in [9.17, 15) is 9.59 Å². The number of benzene rings is 1. The third kappa shape index (κ3) is 2.20. The Labute approximate surface area is 116 Å².